The van der Waals surface area contributed by atoms with Gasteiger partial charge in [-0.3, -0.25) is 0 Å². The highest BCUT2D eigenvalue weighted by molar-refractivity contribution is 5.72. The van der Waals surface area contributed by atoms with E-state index in [0.717, 1.165) is 23.9 Å². The van der Waals surface area contributed by atoms with E-state index >= 15 is 0 Å². The lowest BCUT2D eigenvalue weighted by Crippen LogP contribution is -2.17. The van der Waals surface area contributed by atoms with Crippen LogP contribution < -0.4 is 5.32 Å². The minimum Gasteiger partial charge on any atom is -0.439 e. The molecule has 2 heterocycles. The number of nitrogens with one attached hydrogen (secondary N) is 1. The van der Waals surface area contributed by atoms with Gasteiger partial charge in [-0.1, -0.05) is 6.42 Å². The second-order valence-electron chi connectivity index (χ2n) is 5.40. The third-order valence-electron chi connectivity index (χ3n) is 4.38. The monoisotopic (exact) mass is 246 g/mol. The van der Waals surface area contributed by atoms with Gasteiger partial charge >= 0.3 is 0 Å². The summed E-state index contributed by atoms with van der Waals surface area (Å²) in [4.78, 5) is 4.50. The van der Waals surface area contributed by atoms with Crippen LogP contribution in [-0.4, -0.2) is 11.5 Å². The summed E-state index contributed by atoms with van der Waals surface area (Å²) in [7, 11) is 0. The fourth-order valence-electron chi connectivity index (χ4n) is 3.51. The smallest absolute Gasteiger partial charge is 0.212 e. The number of nitrogens with zero attached hydrogens (tertiary/aromatic N) is 1. The molecule has 1 aromatic heterocycles. The van der Waals surface area contributed by atoms with Gasteiger partial charge in [-0.05, 0) is 43.4 Å². The maximum atomic E-state index is 13.1. The molecule has 4 rings (SSSR count). The van der Waals surface area contributed by atoms with E-state index in [1.807, 2.05) is 0 Å². The van der Waals surface area contributed by atoms with E-state index in [9.17, 15) is 4.39 Å². The van der Waals surface area contributed by atoms with E-state index in [1.165, 1.54) is 31.4 Å². The van der Waals surface area contributed by atoms with Gasteiger partial charge in [0.2, 0.25) is 5.89 Å². The highest BCUT2D eigenvalue weighted by atomic mass is 19.1. The van der Waals surface area contributed by atoms with Gasteiger partial charge in [-0.15, -0.1) is 0 Å². The number of benzene rings is 1. The minimum absolute atomic E-state index is 0.216. The summed E-state index contributed by atoms with van der Waals surface area (Å²) in [6, 6.07) is 4.73. The average molecular weight is 246 g/mol. The summed E-state index contributed by atoms with van der Waals surface area (Å²) in [5, 5.41) is 3.50. The Hall–Kier alpha value is -1.42. The van der Waals surface area contributed by atoms with Gasteiger partial charge in [-0.2, -0.15) is 0 Å². The first-order chi connectivity index (χ1) is 8.81. The van der Waals surface area contributed by atoms with Crippen molar-refractivity contribution in [3.8, 4) is 0 Å². The second-order valence-corrected chi connectivity index (χ2v) is 5.40. The summed E-state index contributed by atoms with van der Waals surface area (Å²) >= 11 is 0. The molecule has 0 bridgehead atoms. The molecule has 1 aliphatic heterocycles. The van der Waals surface area contributed by atoms with Crippen molar-refractivity contribution < 1.29 is 8.81 Å². The van der Waals surface area contributed by atoms with Crippen LogP contribution >= 0.6 is 0 Å². The fourth-order valence-corrected chi connectivity index (χ4v) is 3.51. The maximum absolute atomic E-state index is 13.1. The van der Waals surface area contributed by atoms with Crippen LogP contribution in [0.25, 0.3) is 11.1 Å². The lowest BCUT2D eigenvalue weighted by Gasteiger charge is -2.13. The number of fused-ring (bicyclic) bond motifs is 2. The molecule has 0 radical (unpaired) electrons. The Balaban J connectivity index is 1.74. The Kier molecular flexibility index (Phi) is 2.21. The maximum Gasteiger partial charge on any atom is 0.212 e. The number of rotatable bonds is 1. The van der Waals surface area contributed by atoms with Crippen molar-refractivity contribution in [2.45, 2.75) is 25.3 Å². The predicted molar refractivity (Wildman–Crippen MR) is 65.5 cm³/mol. The Morgan fingerprint density at radius 3 is 3.22 bits per heavy atom. The largest absolute Gasteiger partial charge is 0.439 e. The van der Waals surface area contributed by atoms with Crippen LogP contribution in [0.4, 0.5) is 4.39 Å². The molecule has 3 unspecified atom stereocenters. The summed E-state index contributed by atoms with van der Waals surface area (Å²) < 4.78 is 18.9. The Labute approximate surface area is 104 Å². The third kappa shape index (κ3) is 1.48. The Morgan fingerprint density at radius 1 is 1.33 bits per heavy atom. The molecule has 1 N–H and O–H groups in total. The number of halogens is 1. The zero-order chi connectivity index (χ0) is 12.1. The first-order valence-electron chi connectivity index (χ1n) is 6.60. The standard InChI is InChI=1S/C14H15FN2O/c15-9-4-5-11-12(6-9)18-14(17-11)13-10-3-1-2-8(10)7-16-13/h4-6,8,10,13,16H,1-3,7H2. The minimum atomic E-state index is -0.275. The zero-order valence-corrected chi connectivity index (χ0v) is 10.0. The summed E-state index contributed by atoms with van der Waals surface area (Å²) in [6.07, 6.45) is 3.86. The molecule has 0 amide bonds. The van der Waals surface area contributed by atoms with Gasteiger partial charge in [-0.25, -0.2) is 9.37 Å². The Morgan fingerprint density at radius 2 is 2.28 bits per heavy atom. The Bertz CT molecular complexity index is 594. The van der Waals surface area contributed by atoms with Crippen LogP contribution in [0.3, 0.4) is 0 Å². The van der Waals surface area contributed by atoms with Crippen molar-refractivity contribution in [2.75, 3.05) is 6.54 Å². The number of aromatic nitrogens is 1. The number of hydrogen-bond donors (Lipinski definition) is 1. The van der Waals surface area contributed by atoms with Gasteiger partial charge < -0.3 is 9.73 Å². The second kappa shape index (κ2) is 3.79. The summed E-state index contributed by atoms with van der Waals surface area (Å²) in [6.45, 7) is 1.06. The van der Waals surface area contributed by atoms with Gasteiger partial charge in [0.25, 0.3) is 0 Å². The molecular weight excluding hydrogens is 231 g/mol. The lowest BCUT2D eigenvalue weighted by molar-refractivity contribution is 0.356. The lowest BCUT2D eigenvalue weighted by atomic mass is 9.94. The molecule has 1 aliphatic carbocycles. The molecule has 3 nitrogen and oxygen atoms in total. The molecule has 3 atom stereocenters. The highest BCUT2D eigenvalue weighted by Gasteiger charge is 2.41. The molecule has 1 saturated heterocycles. The molecule has 2 aliphatic rings. The molecule has 2 fully saturated rings. The quantitative estimate of drug-likeness (QED) is 0.840. The average Bonchev–Trinajstić information content (AvgIpc) is 3.00. The molecule has 94 valence electrons. The molecule has 18 heavy (non-hydrogen) atoms. The van der Waals surface area contributed by atoms with Crippen molar-refractivity contribution >= 4 is 11.1 Å². The van der Waals surface area contributed by atoms with Crippen molar-refractivity contribution in [3.05, 3.63) is 29.9 Å². The first kappa shape index (κ1) is 10.5. The molecule has 2 aromatic rings. The summed E-state index contributed by atoms with van der Waals surface area (Å²) in [5.74, 6) is 1.86. The number of hydrogen-bond acceptors (Lipinski definition) is 3. The molecule has 1 saturated carbocycles. The van der Waals surface area contributed by atoms with E-state index in [0.29, 0.717) is 11.5 Å². The van der Waals surface area contributed by atoms with Crippen LogP contribution in [0.15, 0.2) is 22.6 Å². The van der Waals surface area contributed by atoms with Gasteiger partial charge in [0.05, 0.1) is 6.04 Å². The van der Waals surface area contributed by atoms with Crippen molar-refractivity contribution in [3.63, 3.8) is 0 Å². The normalized spacial score (nSPS) is 31.1. The van der Waals surface area contributed by atoms with Crippen LogP contribution in [0, 0.1) is 17.7 Å². The van der Waals surface area contributed by atoms with Crippen molar-refractivity contribution in [2.24, 2.45) is 11.8 Å². The van der Waals surface area contributed by atoms with Gasteiger partial charge in [0.15, 0.2) is 5.58 Å². The SMILES string of the molecule is Fc1ccc2nc(C3NCC4CCCC43)oc2c1. The van der Waals surface area contributed by atoms with Crippen LogP contribution in [0.1, 0.15) is 31.2 Å². The number of oxazole rings is 1. The van der Waals surface area contributed by atoms with Crippen LogP contribution in [0.5, 0.6) is 0 Å². The molecule has 0 spiro atoms. The van der Waals surface area contributed by atoms with E-state index in [-0.39, 0.29) is 11.9 Å². The van der Waals surface area contributed by atoms with Gasteiger partial charge in [0, 0.05) is 6.07 Å². The zero-order valence-electron chi connectivity index (χ0n) is 10.0. The van der Waals surface area contributed by atoms with E-state index in [4.69, 9.17) is 4.42 Å². The molecular formula is C14H15FN2O. The van der Waals surface area contributed by atoms with Crippen LogP contribution in [0.2, 0.25) is 0 Å². The highest BCUT2D eigenvalue weighted by Crippen LogP contribution is 2.44. The van der Waals surface area contributed by atoms with Gasteiger partial charge in [0.1, 0.15) is 11.3 Å². The van der Waals surface area contributed by atoms with Crippen molar-refractivity contribution in [1.82, 2.24) is 10.3 Å². The topological polar surface area (TPSA) is 38.1 Å². The van der Waals surface area contributed by atoms with Crippen molar-refractivity contribution in [1.29, 1.82) is 0 Å². The predicted octanol–water partition coefficient (Wildman–Crippen LogP) is 3.03. The summed E-state index contributed by atoms with van der Waals surface area (Å²) in [5.41, 5.74) is 1.29. The van der Waals surface area contributed by atoms with E-state index in [2.05, 4.69) is 10.3 Å². The van der Waals surface area contributed by atoms with Crippen LogP contribution in [-0.2, 0) is 0 Å². The molecule has 4 heteroatoms. The third-order valence-corrected chi connectivity index (χ3v) is 4.38. The van der Waals surface area contributed by atoms with E-state index in [1.54, 1.807) is 6.07 Å². The first-order valence-corrected chi connectivity index (χ1v) is 6.60. The molecule has 1 aromatic carbocycles. The van der Waals surface area contributed by atoms with E-state index < -0.39 is 0 Å². The fraction of sp³-hybridized carbons (Fsp3) is 0.500.